The molecule has 0 amide bonds. The van der Waals surface area contributed by atoms with Crippen molar-refractivity contribution in [2.24, 2.45) is 0 Å². The molecule has 3 atom stereocenters. The quantitative estimate of drug-likeness (QED) is 0.896. The number of hydrogen-bond donors (Lipinski definition) is 1. The predicted molar refractivity (Wildman–Crippen MR) is 76.0 cm³/mol. The molecule has 0 spiro atoms. The van der Waals surface area contributed by atoms with E-state index in [2.05, 4.69) is 32.2 Å². The Bertz CT molecular complexity index is 386. The fraction of sp³-hybridized carbons (Fsp3) is 0.600. The molecule has 1 N–H and O–H groups in total. The third-order valence-corrected chi connectivity index (χ3v) is 3.77. The maximum atomic E-state index is 6.03. The maximum Gasteiger partial charge on any atom is 0.0565 e. The van der Waals surface area contributed by atoms with Gasteiger partial charge in [-0.05, 0) is 51.3 Å². The van der Waals surface area contributed by atoms with E-state index < -0.39 is 0 Å². The Morgan fingerprint density at radius 2 is 1.94 bits per heavy atom. The Balaban J connectivity index is 1.96. The molecular weight excluding hydrogens is 246 g/mol. The SMILES string of the molecule is CC1CC(N[C@@H](C)c2cccc(Cl)c2)CC(C)O1. The second-order valence-electron chi connectivity index (χ2n) is 5.37. The van der Waals surface area contributed by atoms with Crippen molar-refractivity contribution < 1.29 is 4.74 Å². The summed E-state index contributed by atoms with van der Waals surface area (Å²) in [6, 6.07) is 8.92. The first-order valence-electron chi connectivity index (χ1n) is 6.71. The van der Waals surface area contributed by atoms with Crippen LogP contribution < -0.4 is 5.32 Å². The first kappa shape index (κ1) is 13.9. The number of nitrogens with one attached hydrogen (secondary N) is 1. The first-order chi connectivity index (χ1) is 8.54. The monoisotopic (exact) mass is 267 g/mol. The highest BCUT2D eigenvalue weighted by molar-refractivity contribution is 6.30. The molecule has 0 radical (unpaired) electrons. The van der Waals surface area contributed by atoms with Gasteiger partial charge in [-0.2, -0.15) is 0 Å². The zero-order valence-corrected chi connectivity index (χ0v) is 12.1. The van der Waals surface area contributed by atoms with E-state index in [1.807, 2.05) is 18.2 Å². The van der Waals surface area contributed by atoms with E-state index in [1.54, 1.807) is 0 Å². The molecule has 1 heterocycles. The van der Waals surface area contributed by atoms with E-state index in [9.17, 15) is 0 Å². The van der Waals surface area contributed by atoms with Crippen LogP contribution in [0.1, 0.15) is 45.2 Å². The van der Waals surface area contributed by atoms with E-state index in [0.29, 0.717) is 24.3 Å². The minimum atomic E-state index is 0.325. The molecule has 1 saturated heterocycles. The van der Waals surface area contributed by atoms with Crippen LogP contribution in [-0.2, 0) is 4.74 Å². The summed E-state index contributed by atoms with van der Waals surface area (Å²) in [5, 5.41) is 4.49. The van der Waals surface area contributed by atoms with Crippen LogP contribution in [0.15, 0.2) is 24.3 Å². The summed E-state index contributed by atoms with van der Waals surface area (Å²) in [4.78, 5) is 0. The molecule has 2 rings (SSSR count). The second kappa shape index (κ2) is 6.05. The fourth-order valence-electron chi connectivity index (χ4n) is 2.77. The van der Waals surface area contributed by atoms with Crippen molar-refractivity contribution in [3.8, 4) is 0 Å². The van der Waals surface area contributed by atoms with Crippen molar-refractivity contribution in [1.29, 1.82) is 0 Å². The molecule has 3 heteroatoms. The topological polar surface area (TPSA) is 21.3 Å². The van der Waals surface area contributed by atoms with E-state index >= 15 is 0 Å². The van der Waals surface area contributed by atoms with Gasteiger partial charge in [-0.15, -0.1) is 0 Å². The van der Waals surface area contributed by atoms with Crippen molar-refractivity contribution >= 4 is 11.6 Å². The van der Waals surface area contributed by atoms with Gasteiger partial charge in [0.2, 0.25) is 0 Å². The van der Waals surface area contributed by atoms with Crippen molar-refractivity contribution in [1.82, 2.24) is 5.32 Å². The summed E-state index contributed by atoms with van der Waals surface area (Å²) in [7, 11) is 0. The Kier molecular flexibility index (Phi) is 4.66. The average Bonchev–Trinajstić information content (AvgIpc) is 2.27. The molecule has 100 valence electrons. The van der Waals surface area contributed by atoms with Crippen LogP contribution in [0.25, 0.3) is 0 Å². The van der Waals surface area contributed by atoms with Crippen LogP contribution >= 0.6 is 11.6 Å². The van der Waals surface area contributed by atoms with E-state index in [4.69, 9.17) is 16.3 Å². The Morgan fingerprint density at radius 1 is 1.28 bits per heavy atom. The number of ether oxygens (including phenoxy) is 1. The van der Waals surface area contributed by atoms with Crippen molar-refractivity contribution in [2.75, 3.05) is 0 Å². The maximum absolute atomic E-state index is 6.03. The van der Waals surface area contributed by atoms with E-state index in [1.165, 1.54) is 5.56 Å². The minimum Gasteiger partial charge on any atom is -0.375 e. The Labute approximate surface area is 115 Å². The zero-order valence-electron chi connectivity index (χ0n) is 11.3. The normalized spacial score (nSPS) is 30.1. The van der Waals surface area contributed by atoms with Crippen molar-refractivity contribution in [2.45, 2.75) is 57.9 Å². The van der Waals surface area contributed by atoms with Crippen LogP contribution in [0.2, 0.25) is 5.02 Å². The van der Waals surface area contributed by atoms with Gasteiger partial charge >= 0.3 is 0 Å². The summed E-state index contributed by atoms with van der Waals surface area (Å²) < 4.78 is 5.76. The Hall–Kier alpha value is -0.570. The summed E-state index contributed by atoms with van der Waals surface area (Å²) >= 11 is 6.03. The molecule has 18 heavy (non-hydrogen) atoms. The lowest BCUT2D eigenvalue weighted by atomic mass is 9.98. The summed E-state index contributed by atoms with van der Waals surface area (Å²) in [5.41, 5.74) is 1.24. The largest absolute Gasteiger partial charge is 0.375 e. The highest BCUT2D eigenvalue weighted by Crippen LogP contribution is 2.23. The van der Waals surface area contributed by atoms with Gasteiger partial charge in [-0.25, -0.2) is 0 Å². The molecule has 0 bridgehead atoms. The molecule has 1 fully saturated rings. The van der Waals surface area contributed by atoms with E-state index in [-0.39, 0.29) is 0 Å². The number of halogens is 1. The highest BCUT2D eigenvalue weighted by atomic mass is 35.5. The predicted octanol–water partition coefficient (Wildman–Crippen LogP) is 3.95. The molecule has 2 nitrogen and oxygen atoms in total. The standard InChI is InChI=1S/C15H22ClNO/c1-10-7-15(8-11(2)18-10)17-12(3)13-5-4-6-14(16)9-13/h4-6,9-12,15,17H,7-8H2,1-3H3/t10?,11?,12-,15?/m0/s1. The molecule has 2 unspecified atom stereocenters. The summed E-state index contributed by atoms with van der Waals surface area (Å²) in [6.45, 7) is 6.49. The number of rotatable bonds is 3. The average molecular weight is 268 g/mol. The first-order valence-corrected chi connectivity index (χ1v) is 7.09. The third-order valence-electron chi connectivity index (χ3n) is 3.53. The lowest BCUT2D eigenvalue weighted by Gasteiger charge is -2.34. The molecule has 0 aromatic heterocycles. The third kappa shape index (κ3) is 3.71. The van der Waals surface area contributed by atoms with Gasteiger partial charge in [-0.1, -0.05) is 23.7 Å². The van der Waals surface area contributed by atoms with Gasteiger partial charge in [-0.3, -0.25) is 0 Å². The minimum absolute atomic E-state index is 0.325. The van der Waals surface area contributed by atoms with Gasteiger partial charge in [0, 0.05) is 17.1 Å². The van der Waals surface area contributed by atoms with Crippen LogP contribution in [0, 0.1) is 0 Å². The molecule has 1 aliphatic rings. The van der Waals surface area contributed by atoms with Crippen molar-refractivity contribution in [3.05, 3.63) is 34.9 Å². The molecular formula is C15H22ClNO. The molecule has 1 aromatic carbocycles. The summed E-state index contributed by atoms with van der Waals surface area (Å²) in [6.07, 6.45) is 2.85. The van der Waals surface area contributed by atoms with Crippen LogP contribution in [0.5, 0.6) is 0 Å². The van der Waals surface area contributed by atoms with Crippen LogP contribution in [0.3, 0.4) is 0 Å². The lowest BCUT2D eigenvalue weighted by molar-refractivity contribution is -0.0433. The summed E-state index contributed by atoms with van der Waals surface area (Å²) in [5.74, 6) is 0. The fourth-order valence-corrected chi connectivity index (χ4v) is 2.97. The van der Waals surface area contributed by atoms with Crippen LogP contribution in [0.4, 0.5) is 0 Å². The number of benzene rings is 1. The lowest BCUT2D eigenvalue weighted by Crippen LogP contribution is -2.42. The van der Waals surface area contributed by atoms with E-state index in [0.717, 1.165) is 17.9 Å². The highest BCUT2D eigenvalue weighted by Gasteiger charge is 2.25. The van der Waals surface area contributed by atoms with Gasteiger partial charge in [0.25, 0.3) is 0 Å². The zero-order chi connectivity index (χ0) is 13.1. The smallest absolute Gasteiger partial charge is 0.0565 e. The molecule has 1 aromatic rings. The molecule has 1 aliphatic heterocycles. The molecule has 0 aliphatic carbocycles. The Morgan fingerprint density at radius 3 is 2.56 bits per heavy atom. The molecule has 0 saturated carbocycles. The van der Waals surface area contributed by atoms with Crippen LogP contribution in [-0.4, -0.2) is 18.2 Å². The second-order valence-corrected chi connectivity index (χ2v) is 5.81. The van der Waals surface area contributed by atoms with Gasteiger partial charge < -0.3 is 10.1 Å². The van der Waals surface area contributed by atoms with Gasteiger partial charge in [0.15, 0.2) is 0 Å². The van der Waals surface area contributed by atoms with Gasteiger partial charge in [0.1, 0.15) is 0 Å². The van der Waals surface area contributed by atoms with Crippen molar-refractivity contribution in [3.63, 3.8) is 0 Å². The van der Waals surface area contributed by atoms with Gasteiger partial charge in [0.05, 0.1) is 12.2 Å². The number of hydrogen-bond acceptors (Lipinski definition) is 2.